The summed E-state index contributed by atoms with van der Waals surface area (Å²) in [5.74, 6) is 1.69. The van der Waals surface area contributed by atoms with Gasteiger partial charge in [0.1, 0.15) is 5.00 Å². The number of carbonyl (C=O) groups excluding carboxylic acids is 1. The van der Waals surface area contributed by atoms with E-state index in [0.29, 0.717) is 6.04 Å². The van der Waals surface area contributed by atoms with Gasteiger partial charge in [-0.15, -0.1) is 0 Å². The number of anilines is 1. The summed E-state index contributed by atoms with van der Waals surface area (Å²) in [6.07, 6.45) is 3.65. The molecule has 0 spiro atoms. The summed E-state index contributed by atoms with van der Waals surface area (Å²) in [4.78, 5) is 11.6. The van der Waals surface area contributed by atoms with Crippen LogP contribution in [0.1, 0.15) is 56.1 Å². The molecule has 1 aliphatic carbocycles. The van der Waals surface area contributed by atoms with Gasteiger partial charge < -0.3 is 5.32 Å². The Kier molecular flexibility index (Phi) is 4.05. The first-order chi connectivity index (χ1) is 8.49. The molecule has 4 heteroatoms. The Hall–Kier alpha value is -0.900. The van der Waals surface area contributed by atoms with E-state index in [4.69, 9.17) is 0 Å². The molecule has 0 aliphatic heterocycles. The predicted molar refractivity (Wildman–Crippen MR) is 76.4 cm³/mol. The summed E-state index contributed by atoms with van der Waals surface area (Å²) in [5, 5.41) is 4.50. The van der Waals surface area contributed by atoms with Crippen LogP contribution in [0.5, 0.6) is 0 Å². The molecule has 0 saturated heterocycles. The maximum Gasteiger partial charge on any atom is 0.164 e. The molecule has 0 amide bonds. The van der Waals surface area contributed by atoms with Crippen LogP contribution in [0.15, 0.2) is 0 Å². The Balaban J connectivity index is 2.08. The molecule has 100 valence electrons. The number of carbonyl (C=O) groups is 1. The summed E-state index contributed by atoms with van der Waals surface area (Å²) in [5.41, 5.74) is 1.64. The molecular weight excluding hydrogens is 244 g/mol. The lowest BCUT2D eigenvalue weighted by molar-refractivity contribution is 0.101. The first-order valence-electron chi connectivity index (χ1n) is 6.72. The highest BCUT2D eigenvalue weighted by Gasteiger charge is 2.26. The van der Waals surface area contributed by atoms with E-state index in [9.17, 15) is 4.79 Å². The lowest BCUT2D eigenvalue weighted by Gasteiger charge is -2.32. The van der Waals surface area contributed by atoms with Crippen LogP contribution < -0.4 is 5.32 Å². The highest BCUT2D eigenvalue weighted by molar-refractivity contribution is 7.10. The van der Waals surface area contributed by atoms with Gasteiger partial charge in [0.15, 0.2) is 5.78 Å². The monoisotopic (exact) mass is 266 g/mol. The third-order valence-corrected chi connectivity index (χ3v) is 5.02. The van der Waals surface area contributed by atoms with Crippen molar-refractivity contribution in [2.75, 3.05) is 5.32 Å². The fraction of sp³-hybridized carbons (Fsp3) is 0.714. The average molecular weight is 266 g/mol. The Morgan fingerprint density at radius 3 is 2.67 bits per heavy atom. The third kappa shape index (κ3) is 2.74. The molecule has 1 aromatic rings. The summed E-state index contributed by atoms with van der Waals surface area (Å²) in [6.45, 7) is 8.18. The van der Waals surface area contributed by atoms with Gasteiger partial charge in [-0.3, -0.25) is 4.79 Å². The SMILES string of the molecule is CC(=O)c1c(C)nsc1NC1CCC(C)C(C)C1. The zero-order valence-electron chi connectivity index (χ0n) is 11.6. The Morgan fingerprint density at radius 2 is 2.06 bits per heavy atom. The zero-order chi connectivity index (χ0) is 13.3. The van der Waals surface area contributed by atoms with Gasteiger partial charge in [0, 0.05) is 6.04 Å². The first-order valence-corrected chi connectivity index (χ1v) is 7.50. The molecule has 1 N–H and O–H groups in total. The van der Waals surface area contributed by atoms with Crippen molar-refractivity contribution in [3.05, 3.63) is 11.3 Å². The van der Waals surface area contributed by atoms with Crippen LogP contribution in [-0.2, 0) is 0 Å². The normalized spacial score (nSPS) is 28.1. The molecule has 1 saturated carbocycles. The van der Waals surface area contributed by atoms with Crippen LogP contribution in [0.3, 0.4) is 0 Å². The van der Waals surface area contributed by atoms with Crippen molar-refractivity contribution in [1.82, 2.24) is 4.37 Å². The average Bonchev–Trinajstić information content (AvgIpc) is 2.65. The number of aryl methyl sites for hydroxylation is 1. The highest BCUT2D eigenvalue weighted by Crippen LogP contribution is 2.33. The number of ketones is 1. The van der Waals surface area contributed by atoms with Crippen LogP contribution in [0.25, 0.3) is 0 Å². The maximum absolute atomic E-state index is 11.6. The molecule has 1 aliphatic rings. The van der Waals surface area contributed by atoms with Crippen LogP contribution >= 0.6 is 11.5 Å². The summed E-state index contributed by atoms with van der Waals surface area (Å²) < 4.78 is 4.30. The molecule has 3 nitrogen and oxygen atoms in total. The van der Waals surface area contributed by atoms with E-state index < -0.39 is 0 Å². The molecule has 0 bridgehead atoms. The van der Waals surface area contributed by atoms with Crippen molar-refractivity contribution in [3.8, 4) is 0 Å². The molecule has 2 rings (SSSR count). The van der Waals surface area contributed by atoms with Gasteiger partial charge in [-0.25, -0.2) is 0 Å². The molecule has 1 heterocycles. The summed E-state index contributed by atoms with van der Waals surface area (Å²) in [7, 11) is 0. The minimum atomic E-state index is 0.112. The number of hydrogen-bond acceptors (Lipinski definition) is 4. The second-order valence-electron chi connectivity index (χ2n) is 5.64. The van der Waals surface area contributed by atoms with E-state index in [2.05, 4.69) is 23.5 Å². The van der Waals surface area contributed by atoms with Crippen molar-refractivity contribution in [3.63, 3.8) is 0 Å². The fourth-order valence-electron chi connectivity index (χ4n) is 2.75. The lowest BCUT2D eigenvalue weighted by atomic mass is 9.79. The number of rotatable bonds is 3. The van der Waals surface area contributed by atoms with Crippen LogP contribution in [0.2, 0.25) is 0 Å². The van der Waals surface area contributed by atoms with Gasteiger partial charge in [-0.05, 0) is 56.5 Å². The van der Waals surface area contributed by atoms with Crippen LogP contribution in [0.4, 0.5) is 5.00 Å². The van der Waals surface area contributed by atoms with Crippen LogP contribution in [-0.4, -0.2) is 16.2 Å². The van der Waals surface area contributed by atoms with Crippen molar-refractivity contribution in [2.24, 2.45) is 11.8 Å². The van der Waals surface area contributed by atoms with Gasteiger partial charge in [0.05, 0.1) is 11.3 Å². The number of nitrogens with one attached hydrogen (secondary N) is 1. The van der Waals surface area contributed by atoms with Gasteiger partial charge in [0.25, 0.3) is 0 Å². The molecule has 3 unspecified atom stereocenters. The van der Waals surface area contributed by atoms with Crippen molar-refractivity contribution < 1.29 is 4.79 Å². The molecule has 1 fully saturated rings. The van der Waals surface area contributed by atoms with E-state index in [-0.39, 0.29) is 5.78 Å². The highest BCUT2D eigenvalue weighted by atomic mass is 32.1. The minimum Gasteiger partial charge on any atom is -0.372 e. The summed E-state index contributed by atoms with van der Waals surface area (Å²) in [6, 6.07) is 0.495. The second kappa shape index (κ2) is 5.39. The van der Waals surface area contributed by atoms with E-state index in [1.54, 1.807) is 6.92 Å². The molecular formula is C14H22N2OS. The first kappa shape index (κ1) is 13.5. The molecule has 1 aromatic heterocycles. The van der Waals surface area contributed by atoms with Gasteiger partial charge in [-0.2, -0.15) is 4.37 Å². The Bertz CT molecular complexity index is 441. The maximum atomic E-state index is 11.6. The number of hydrogen-bond donors (Lipinski definition) is 1. The fourth-order valence-corrected chi connectivity index (χ4v) is 3.67. The van der Waals surface area contributed by atoms with Gasteiger partial charge in [-0.1, -0.05) is 13.8 Å². The van der Waals surface area contributed by atoms with E-state index in [1.165, 1.54) is 30.8 Å². The zero-order valence-corrected chi connectivity index (χ0v) is 12.4. The predicted octanol–water partition coefficient (Wildman–Crippen LogP) is 3.89. The quantitative estimate of drug-likeness (QED) is 0.844. The topological polar surface area (TPSA) is 42.0 Å². The minimum absolute atomic E-state index is 0.112. The van der Waals surface area contributed by atoms with Crippen molar-refractivity contribution in [1.29, 1.82) is 0 Å². The molecule has 0 aromatic carbocycles. The number of aromatic nitrogens is 1. The van der Waals surface area contributed by atoms with Crippen LogP contribution in [0, 0.1) is 18.8 Å². The van der Waals surface area contributed by atoms with E-state index in [1.807, 2.05) is 6.92 Å². The Morgan fingerprint density at radius 1 is 1.33 bits per heavy atom. The van der Waals surface area contributed by atoms with Crippen molar-refractivity contribution >= 4 is 22.3 Å². The second-order valence-corrected chi connectivity index (χ2v) is 6.41. The molecule has 3 atom stereocenters. The third-order valence-electron chi connectivity index (χ3n) is 4.15. The Labute approximate surface area is 113 Å². The van der Waals surface area contributed by atoms with E-state index in [0.717, 1.165) is 28.1 Å². The van der Waals surface area contributed by atoms with Gasteiger partial charge in [0.2, 0.25) is 0 Å². The largest absolute Gasteiger partial charge is 0.372 e. The smallest absolute Gasteiger partial charge is 0.164 e. The van der Waals surface area contributed by atoms with Gasteiger partial charge >= 0.3 is 0 Å². The number of Topliss-reactive ketones (excluding diaryl/α,β-unsaturated/α-hetero) is 1. The van der Waals surface area contributed by atoms with Crippen molar-refractivity contribution in [2.45, 2.75) is 53.0 Å². The molecule has 18 heavy (non-hydrogen) atoms. The summed E-state index contributed by atoms with van der Waals surface area (Å²) >= 11 is 1.42. The van der Waals surface area contributed by atoms with E-state index >= 15 is 0 Å². The standard InChI is InChI=1S/C14H22N2OS/c1-8-5-6-12(7-9(8)2)15-14-13(11(4)17)10(3)16-18-14/h8-9,12,15H,5-7H2,1-4H3. The molecule has 0 radical (unpaired) electrons. The lowest BCUT2D eigenvalue weighted by Crippen LogP contribution is -2.30. The number of nitrogens with zero attached hydrogens (tertiary/aromatic N) is 1.